The quantitative estimate of drug-likeness (QED) is 0.651. The number of likely N-dealkylation sites (N-methyl/N-ethyl adjacent to an activating group) is 1. The van der Waals surface area contributed by atoms with Crippen LogP contribution in [0.2, 0.25) is 0 Å². The van der Waals surface area contributed by atoms with E-state index < -0.39 is 0 Å². The SMILES string of the molecule is CCCC(C(=O)OCC)N1CCNCC1C(=O)NCC. The van der Waals surface area contributed by atoms with E-state index in [1.165, 1.54) is 0 Å². The van der Waals surface area contributed by atoms with E-state index in [0.29, 0.717) is 26.2 Å². The van der Waals surface area contributed by atoms with Crippen molar-refractivity contribution in [2.45, 2.75) is 45.7 Å². The molecule has 1 fully saturated rings. The van der Waals surface area contributed by atoms with Crippen LogP contribution < -0.4 is 10.6 Å². The molecule has 0 bridgehead atoms. The zero-order valence-corrected chi connectivity index (χ0v) is 12.8. The summed E-state index contributed by atoms with van der Waals surface area (Å²) >= 11 is 0. The van der Waals surface area contributed by atoms with Gasteiger partial charge < -0.3 is 15.4 Å². The average molecular weight is 285 g/mol. The molecule has 0 aromatic carbocycles. The first-order valence-corrected chi connectivity index (χ1v) is 7.56. The molecular formula is C14H27N3O3. The highest BCUT2D eigenvalue weighted by molar-refractivity contribution is 5.83. The molecule has 0 spiro atoms. The van der Waals surface area contributed by atoms with Gasteiger partial charge in [-0.15, -0.1) is 0 Å². The molecule has 20 heavy (non-hydrogen) atoms. The Bertz CT molecular complexity index is 323. The fraction of sp³-hybridized carbons (Fsp3) is 0.857. The van der Waals surface area contributed by atoms with E-state index in [0.717, 1.165) is 19.4 Å². The van der Waals surface area contributed by atoms with Crippen LogP contribution >= 0.6 is 0 Å². The van der Waals surface area contributed by atoms with Gasteiger partial charge in [0.05, 0.1) is 6.61 Å². The summed E-state index contributed by atoms with van der Waals surface area (Å²) in [5.41, 5.74) is 0. The molecule has 1 saturated heterocycles. The maximum atomic E-state index is 12.2. The number of piperazine rings is 1. The van der Waals surface area contributed by atoms with Crippen molar-refractivity contribution in [3.05, 3.63) is 0 Å². The van der Waals surface area contributed by atoms with E-state index in [1.807, 2.05) is 18.7 Å². The van der Waals surface area contributed by atoms with Crippen molar-refractivity contribution in [1.82, 2.24) is 15.5 Å². The van der Waals surface area contributed by atoms with E-state index in [-0.39, 0.29) is 24.0 Å². The summed E-state index contributed by atoms with van der Waals surface area (Å²) in [7, 11) is 0. The summed E-state index contributed by atoms with van der Waals surface area (Å²) in [6, 6.07) is -0.626. The van der Waals surface area contributed by atoms with E-state index in [2.05, 4.69) is 10.6 Å². The fourth-order valence-corrected chi connectivity index (χ4v) is 2.56. The fourth-order valence-electron chi connectivity index (χ4n) is 2.56. The van der Waals surface area contributed by atoms with Gasteiger partial charge in [-0.1, -0.05) is 13.3 Å². The maximum Gasteiger partial charge on any atom is 0.323 e. The van der Waals surface area contributed by atoms with Gasteiger partial charge in [-0.05, 0) is 20.3 Å². The van der Waals surface area contributed by atoms with Gasteiger partial charge in [0, 0.05) is 26.2 Å². The molecule has 6 nitrogen and oxygen atoms in total. The molecule has 0 aromatic rings. The van der Waals surface area contributed by atoms with Crippen molar-refractivity contribution >= 4 is 11.9 Å². The molecule has 2 atom stereocenters. The molecule has 1 aliphatic heterocycles. The molecule has 0 radical (unpaired) electrons. The Hall–Kier alpha value is -1.14. The Morgan fingerprint density at radius 3 is 2.75 bits per heavy atom. The molecule has 1 aliphatic rings. The third-order valence-electron chi connectivity index (χ3n) is 3.46. The number of amides is 1. The highest BCUT2D eigenvalue weighted by atomic mass is 16.5. The van der Waals surface area contributed by atoms with Crippen LogP contribution in [-0.2, 0) is 14.3 Å². The zero-order valence-electron chi connectivity index (χ0n) is 12.8. The topological polar surface area (TPSA) is 70.7 Å². The summed E-state index contributed by atoms with van der Waals surface area (Å²) in [5, 5.41) is 6.06. The Labute approximate surface area is 121 Å². The first-order valence-electron chi connectivity index (χ1n) is 7.56. The molecule has 1 amide bonds. The Kier molecular flexibility index (Phi) is 7.54. The van der Waals surface area contributed by atoms with Gasteiger partial charge in [-0.3, -0.25) is 14.5 Å². The minimum absolute atomic E-state index is 0.0231. The third-order valence-corrected chi connectivity index (χ3v) is 3.46. The van der Waals surface area contributed by atoms with Crippen LogP contribution in [0.25, 0.3) is 0 Å². The lowest BCUT2D eigenvalue weighted by molar-refractivity contribution is -0.152. The molecule has 116 valence electrons. The molecule has 0 saturated carbocycles. The second-order valence-electron chi connectivity index (χ2n) is 4.91. The minimum Gasteiger partial charge on any atom is -0.465 e. The second-order valence-corrected chi connectivity index (χ2v) is 4.91. The normalized spacial score (nSPS) is 21.2. The van der Waals surface area contributed by atoms with Crippen molar-refractivity contribution in [2.75, 3.05) is 32.8 Å². The highest BCUT2D eigenvalue weighted by Gasteiger charge is 2.36. The third kappa shape index (κ3) is 4.45. The summed E-state index contributed by atoms with van der Waals surface area (Å²) in [6.45, 7) is 8.76. The summed E-state index contributed by atoms with van der Waals surface area (Å²) < 4.78 is 5.17. The molecule has 0 aliphatic carbocycles. The monoisotopic (exact) mass is 285 g/mol. The van der Waals surface area contributed by atoms with Crippen LogP contribution in [0, 0.1) is 0 Å². The van der Waals surface area contributed by atoms with Crippen molar-refractivity contribution in [3.8, 4) is 0 Å². The van der Waals surface area contributed by atoms with Crippen LogP contribution in [0.1, 0.15) is 33.6 Å². The van der Waals surface area contributed by atoms with Crippen LogP contribution in [0.15, 0.2) is 0 Å². The van der Waals surface area contributed by atoms with Crippen molar-refractivity contribution in [2.24, 2.45) is 0 Å². The molecule has 6 heteroatoms. The molecule has 1 rings (SSSR count). The minimum atomic E-state index is -0.324. The largest absolute Gasteiger partial charge is 0.465 e. The van der Waals surface area contributed by atoms with Gasteiger partial charge in [-0.25, -0.2) is 0 Å². The number of rotatable bonds is 7. The number of hydrogen-bond donors (Lipinski definition) is 2. The lowest BCUT2D eigenvalue weighted by atomic mass is 10.0. The number of nitrogens with one attached hydrogen (secondary N) is 2. The van der Waals surface area contributed by atoms with Crippen LogP contribution in [0.5, 0.6) is 0 Å². The number of carbonyl (C=O) groups is 2. The van der Waals surface area contributed by atoms with E-state index in [9.17, 15) is 9.59 Å². The lowest BCUT2D eigenvalue weighted by Gasteiger charge is -2.39. The molecular weight excluding hydrogens is 258 g/mol. The van der Waals surface area contributed by atoms with Gasteiger partial charge in [0.1, 0.15) is 12.1 Å². The van der Waals surface area contributed by atoms with Gasteiger partial charge >= 0.3 is 5.97 Å². The van der Waals surface area contributed by atoms with E-state index in [4.69, 9.17) is 4.74 Å². The summed E-state index contributed by atoms with van der Waals surface area (Å²) in [5.74, 6) is -0.240. The molecule has 0 aromatic heterocycles. The Morgan fingerprint density at radius 1 is 1.40 bits per heavy atom. The number of nitrogens with zero attached hydrogens (tertiary/aromatic N) is 1. The first kappa shape index (κ1) is 16.9. The van der Waals surface area contributed by atoms with Crippen molar-refractivity contribution in [1.29, 1.82) is 0 Å². The number of esters is 1. The zero-order chi connectivity index (χ0) is 15.0. The number of hydrogen-bond acceptors (Lipinski definition) is 5. The number of ether oxygens (including phenoxy) is 1. The predicted octanol–water partition coefficient (Wildman–Crippen LogP) is 0.128. The average Bonchev–Trinajstić information content (AvgIpc) is 2.45. The summed E-state index contributed by atoms with van der Waals surface area (Å²) in [4.78, 5) is 26.3. The first-order chi connectivity index (χ1) is 9.65. The summed E-state index contributed by atoms with van der Waals surface area (Å²) in [6.07, 6.45) is 1.60. The van der Waals surface area contributed by atoms with Crippen molar-refractivity contribution < 1.29 is 14.3 Å². The Morgan fingerprint density at radius 2 is 2.15 bits per heavy atom. The second kappa shape index (κ2) is 8.92. The lowest BCUT2D eigenvalue weighted by Crippen LogP contribution is -2.62. The van der Waals surface area contributed by atoms with Crippen molar-refractivity contribution in [3.63, 3.8) is 0 Å². The molecule has 2 N–H and O–H groups in total. The standard InChI is InChI=1S/C14H27N3O3/c1-4-7-11(14(19)20-6-3)17-9-8-15-10-12(17)13(18)16-5-2/h11-12,15H,4-10H2,1-3H3,(H,16,18). The van der Waals surface area contributed by atoms with Crippen LogP contribution in [0.3, 0.4) is 0 Å². The van der Waals surface area contributed by atoms with Gasteiger partial charge in [0.2, 0.25) is 5.91 Å². The van der Waals surface area contributed by atoms with E-state index >= 15 is 0 Å². The van der Waals surface area contributed by atoms with Crippen LogP contribution in [-0.4, -0.2) is 61.6 Å². The predicted molar refractivity (Wildman–Crippen MR) is 77.4 cm³/mol. The molecule has 2 unspecified atom stereocenters. The highest BCUT2D eigenvalue weighted by Crippen LogP contribution is 2.15. The van der Waals surface area contributed by atoms with Gasteiger partial charge in [0.25, 0.3) is 0 Å². The number of carbonyl (C=O) groups excluding carboxylic acids is 2. The van der Waals surface area contributed by atoms with Crippen LogP contribution in [0.4, 0.5) is 0 Å². The van der Waals surface area contributed by atoms with Gasteiger partial charge in [0.15, 0.2) is 0 Å². The van der Waals surface area contributed by atoms with E-state index in [1.54, 1.807) is 6.92 Å². The smallest absolute Gasteiger partial charge is 0.323 e. The van der Waals surface area contributed by atoms with Gasteiger partial charge in [-0.2, -0.15) is 0 Å². The maximum absolute atomic E-state index is 12.2. The Balaban J connectivity index is 2.83. The molecule has 1 heterocycles.